The zero-order valence-corrected chi connectivity index (χ0v) is 12.6. The van der Waals surface area contributed by atoms with Crippen LogP contribution in [0.1, 0.15) is 16.7 Å². The minimum absolute atomic E-state index is 0.00294. The standard InChI is InChI=1S/C15H14F2O3S/c1-9-6-10(2)15(11(3)7-9)21(18,19)20-14-5-4-12(16)8-13(14)17/h4-8H,1-3H3. The van der Waals surface area contributed by atoms with Gasteiger partial charge in [0.05, 0.1) is 0 Å². The van der Waals surface area contributed by atoms with Gasteiger partial charge in [-0.05, 0) is 44.0 Å². The summed E-state index contributed by atoms with van der Waals surface area (Å²) in [6.07, 6.45) is 0. The van der Waals surface area contributed by atoms with E-state index in [9.17, 15) is 17.2 Å². The third kappa shape index (κ3) is 3.21. The number of halogens is 2. The lowest BCUT2D eigenvalue weighted by Crippen LogP contribution is -2.14. The molecule has 21 heavy (non-hydrogen) atoms. The van der Waals surface area contributed by atoms with Crippen LogP contribution in [-0.2, 0) is 10.1 Å². The van der Waals surface area contributed by atoms with E-state index in [1.54, 1.807) is 26.0 Å². The van der Waals surface area contributed by atoms with Crippen LogP contribution in [-0.4, -0.2) is 8.42 Å². The Morgan fingerprint density at radius 1 is 0.952 bits per heavy atom. The number of hydrogen-bond donors (Lipinski definition) is 0. The van der Waals surface area contributed by atoms with E-state index in [4.69, 9.17) is 4.18 Å². The fourth-order valence-electron chi connectivity index (χ4n) is 2.26. The molecular weight excluding hydrogens is 298 g/mol. The zero-order valence-electron chi connectivity index (χ0n) is 11.8. The summed E-state index contributed by atoms with van der Waals surface area (Å²) in [6, 6.07) is 5.85. The van der Waals surface area contributed by atoms with Gasteiger partial charge in [0.15, 0.2) is 11.6 Å². The highest BCUT2D eigenvalue weighted by Crippen LogP contribution is 2.27. The molecule has 0 aliphatic heterocycles. The van der Waals surface area contributed by atoms with Crippen molar-refractivity contribution in [3.05, 3.63) is 58.7 Å². The second-order valence-corrected chi connectivity index (χ2v) is 6.32. The molecule has 0 atom stereocenters. The molecule has 6 heteroatoms. The SMILES string of the molecule is Cc1cc(C)c(S(=O)(=O)Oc2ccc(F)cc2F)c(C)c1. The van der Waals surface area contributed by atoms with Crippen molar-refractivity contribution >= 4 is 10.1 Å². The molecule has 0 bridgehead atoms. The van der Waals surface area contributed by atoms with Crippen LogP contribution < -0.4 is 4.18 Å². The van der Waals surface area contributed by atoms with Crippen molar-refractivity contribution in [2.45, 2.75) is 25.7 Å². The lowest BCUT2D eigenvalue weighted by atomic mass is 10.1. The molecule has 112 valence electrons. The van der Waals surface area contributed by atoms with E-state index in [-0.39, 0.29) is 4.90 Å². The molecule has 2 aromatic carbocycles. The van der Waals surface area contributed by atoms with Crippen molar-refractivity contribution in [3.63, 3.8) is 0 Å². The summed E-state index contributed by atoms with van der Waals surface area (Å²) in [5.41, 5.74) is 1.93. The second kappa shape index (κ2) is 5.44. The first kappa shape index (κ1) is 15.4. The quantitative estimate of drug-likeness (QED) is 0.812. The van der Waals surface area contributed by atoms with Crippen LogP contribution >= 0.6 is 0 Å². The zero-order chi connectivity index (χ0) is 15.8. The van der Waals surface area contributed by atoms with Crippen molar-refractivity contribution < 1.29 is 21.4 Å². The minimum Gasteiger partial charge on any atom is -0.376 e. The molecule has 0 N–H and O–H groups in total. The maximum Gasteiger partial charge on any atom is 0.339 e. The van der Waals surface area contributed by atoms with Crippen LogP contribution in [0.15, 0.2) is 35.2 Å². The third-order valence-electron chi connectivity index (χ3n) is 2.95. The fraction of sp³-hybridized carbons (Fsp3) is 0.200. The van der Waals surface area contributed by atoms with Gasteiger partial charge in [0.25, 0.3) is 0 Å². The predicted octanol–water partition coefficient (Wildman–Crippen LogP) is 3.66. The maximum absolute atomic E-state index is 13.5. The van der Waals surface area contributed by atoms with E-state index in [0.29, 0.717) is 17.2 Å². The van der Waals surface area contributed by atoms with Crippen LogP contribution in [0.25, 0.3) is 0 Å². The summed E-state index contributed by atoms with van der Waals surface area (Å²) in [7, 11) is -4.19. The fourth-order valence-corrected chi connectivity index (χ4v) is 3.63. The van der Waals surface area contributed by atoms with E-state index in [2.05, 4.69) is 0 Å². The molecule has 0 amide bonds. The molecule has 0 heterocycles. The van der Waals surface area contributed by atoms with Crippen LogP contribution in [0, 0.1) is 32.4 Å². The highest BCUT2D eigenvalue weighted by Gasteiger charge is 2.23. The third-order valence-corrected chi connectivity index (χ3v) is 4.49. The Balaban J connectivity index is 2.48. The molecule has 0 saturated carbocycles. The average Bonchev–Trinajstić information content (AvgIpc) is 2.30. The van der Waals surface area contributed by atoms with Gasteiger partial charge >= 0.3 is 10.1 Å². The molecule has 0 saturated heterocycles. The number of rotatable bonds is 3. The second-order valence-electron chi connectivity index (χ2n) is 4.84. The average molecular weight is 312 g/mol. The number of benzene rings is 2. The number of hydrogen-bond acceptors (Lipinski definition) is 3. The normalized spacial score (nSPS) is 11.5. The summed E-state index contributed by atoms with van der Waals surface area (Å²) in [4.78, 5) is -0.00294. The molecule has 0 aliphatic carbocycles. The van der Waals surface area contributed by atoms with Crippen LogP contribution in [0.5, 0.6) is 5.75 Å². The van der Waals surface area contributed by atoms with Gasteiger partial charge in [-0.3, -0.25) is 0 Å². The van der Waals surface area contributed by atoms with Crippen molar-refractivity contribution in [2.24, 2.45) is 0 Å². The molecule has 0 fully saturated rings. The highest BCUT2D eigenvalue weighted by atomic mass is 32.2. The molecule has 2 rings (SSSR count). The first-order valence-corrected chi connectivity index (χ1v) is 7.59. The monoisotopic (exact) mass is 312 g/mol. The Kier molecular flexibility index (Phi) is 4.00. The number of aryl methyl sites for hydroxylation is 3. The summed E-state index contributed by atoms with van der Waals surface area (Å²) in [5, 5.41) is 0. The van der Waals surface area contributed by atoms with Crippen LogP contribution in [0.3, 0.4) is 0 Å². The Labute approximate surface area is 122 Å². The van der Waals surface area contributed by atoms with E-state index in [1.165, 1.54) is 0 Å². The first-order chi connectivity index (χ1) is 9.70. The van der Waals surface area contributed by atoms with Gasteiger partial charge in [-0.1, -0.05) is 17.7 Å². The minimum atomic E-state index is -4.19. The van der Waals surface area contributed by atoms with Crippen molar-refractivity contribution in [1.82, 2.24) is 0 Å². The molecule has 0 spiro atoms. The summed E-state index contributed by atoms with van der Waals surface area (Å²) in [6.45, 7) is 5.12. The molecule has 2 aromatic rings. The maximum atomic E-state index is 13.5. The molecule has 0 radical (unpaired) electrons. The van der Waals surface area contributed by atoms with Gasteiger partial charge < -0.3 is 4.18 Å². The smallest absolute Gasteiger partial charge is 0.339 e. The van der Waals surface area contributed by atoms with Crippen molar-refractivity contribution in [3.8, 4) is 5.75 Å². The Bertz CT molecular complexity index is 776. The topological polar surface area (TPSA) is 43.4 Å². The van der Waals surface area contributed by atoms with Gasteiger partial charge in [0, 0.05) is 6.07 Å². The lowest BCUT2D eigenvalue weighted by Gasteiger charge is -2.13. The Morgan fingerprint density at radius 2 is 1.52 bits per heavy atom. The van der Waals surface area contributed by atoms with E-state index in [0.717, 1.165) is 17.7 Å². The molecular formula is C15H14F2O3S. The first-order valence-electron chi connectivity index (χ1n) is 6.18. The predicted molar refractivity (Wildman–Crippen MR) is 74.8 cm³/mol. The van der Waals surface area contributed by atoms with Crippen molar-refractivity contribution in [2.75, 3.05) is 0 Å². The molecule has 0 aliphatic rings. The largest absolute Gasteiger partial charge is 0.376 e. The van der Waals surface area contributed by atoms with Gasteiger partial charge in [0.2, 0.25) is 0 Å². The summed E-state index contributed by atoms with van der Waals surface area (Å²) in [5.74, 6) is -2.41. The van der Waals surface area contributed by atoms with Crippen molar-refractivity contribution in [1.29, 1.82) is 0 Å². The van der Waals surface area contributed by atoms with E-state index in [1.807, 2.05) is 6.92 Å². The highest BCUT2D eigenvalue weighted by molar-refractivity contribution is 7.87. The van der Waals surface area contributed by atoms with Gasteiger partial charge in [-0.25, -0.2) is 8.78 Å². The molecule has 0 unspecified atom stereocenters. The van der Waals surface area contributed by atoms with E-state index >= 15 is 0 Å². The van der Waals surface area contributed by atoms with E-state index < -0.39 is 27.5 Å². The summed E-state index contributed by atoms with van der Waals surface area (Å²) < 4.78 is 55.8. The lowest BCUT2D eigenvalue weighted by molar-refractivity contribution is 0.456. The Morgan fingerprint density at radius 3 is 2.05 bits per heavy atom. The van der Waals surface area contributed by atoms with Gasteiger partial charge in [-0.15, -0.1) is 0 Å². The van der Waals surface area contributed by atoms with Crippen LogP contribution in [0.2, 0.25) is 0 Å². The van der Waals surface area contributed by atoms with Gasteiger partial charge in [0.1, 0.15) is 10.7 Å². The molecule has 3 nitrogen and oxygen atoms in total. The van der Waals surface area contributed by atoms with Crippen LogP contribution in [0.4, 0.5) is 8.78 Å². The Hall–Kier alpha value is -1.95. The van der Waals surface area contributed by atoms with Gasteiger partial charge in [-0.2, -0.15) is 8.42 Å². The summed E-state index contributed by atoms with van der Waals surface area (Å²) >= 11 is 0. The molecule has 0 aromatic heterocycles.